The number of piperazine rings is 1. The lowest BCUT2D eigenvalue weighted by Crippen LogP contribution is -2.56. The lowest BCUT2D eigenvalue weighted by atomic mass is 10.1. The molecule has 2 aromatic rings. The zero-order chi connectivity index (χ0) is 20.6. The maximum Gasteiger partial charge on any atom is 0.237 e. The van der Waals surface area contributed by atoms with Gasteiger partial charge in [-0.25, -0.2) is 0 Å². The zero-order valence-electron chi connectivity index (χ0n) is 16.8. The quantitative estimate of drug-likeness (QED) is 0.651. The first-order valence-corrected chi connectivity index (χ1v) is 10.9. The first-order valence-electron chi connectivity index (χ1n) is 9.63. The van der Waals surface area contributed by atoms with Gasteiger partial charge < -0.3 is 15.4 Å². The van der Waals surface area contributed by atoms with Crippen LogP contribution < -0.4 is 15.4 Å². The highest BCUT2D eigenvalue weighted by Crippen LogP contribution is 2.18. The molecule has 3 rings (SSSR count). The van der Waals surface area contributed by atoms with Gasteiger partial charge in [0.1, 0.15) is 5.75 Å². The van der Waals surface area contributed by atoms with E-state index in [4.69, 9.17) is 4.74 Å². The topological polar surface area (TPSA) is 70.7 Å². The van der Waals surface area contributed by atoms with Crippen LogP contribution >= 0.6 is 11.8 Å². The molecular weight excluding hydrogens is 386 g/mol. The SMILES string of the molecule is COc1cccc(CN2CCNC(=O)C2CC(=O)NCc2cccc(SC)c2)c1. The van der Waals surface area contributed by atoms with E-state index < -0.39 is 6.04 Å². The fraction of sp³-hybridized carbons (Fsp3) is 0.364. The summed E-state index contributed by atoms with van der Waals surface area (Å²) in [6.45, 7) is 2.34. The summed E-state index contributed by atoms with van der Waals surface area (Å²) in [7, 11) is 1.63. The van der Waals surface area contributed by atoms with E-state index in [1.807, 2.05) is 48.7 Å². The first kappa shape index (κ1) is 21.2. The minimum atomic E-state index is -0.479. The number of methoxy groups -OCH3 is 1. The van der Waals surface area contributed by atoms with Crippen molar-refractivity contribution in [2.45, 2.75) is 30.4 Å². The van der Waals surface area contributed by atoms with Crippen LogP contribution in [0.2, 0.25) is 0 Å². The van der Waals surface area contributed by atoms with Crippen molar-refractivity contribution in [1.29, 1.82) is 0 Å². The summed E-state index contributed by atoms with van der Waals surface area (Å²) in [4.78, 5) is 28.2. The maximum atomic E-state index is 12.5. The lowest BCUT2D eigenvalue weighted by Gasteiger charge is -2.34. The molecule has 1 saturated heterocycles. The third-order valence-corrected chi connectivity index (χ3v) is 5.69. The fourth-order valence-electron chi connectivity index (χ4n) is 3.41. The molecular formula is C22H27N3O3S. The molecule has 0 bridgehead atoms. The number of ether oxygens (including phenoxy) is 1. The molecule has 1 aliphatic rings. The Morgan fingerprint density at radius 1 is 1.24 bits per heavy atom. The maximum absolute atomic E-state index is 12.5. The normalized spacial score (nSPS) is 16.9. The Morgan fingerprint density at radius 2 is 2.03 bits per heavy atom. The smallest absolute Gasteiger partial charge is 0.237 e. The Hall–Kier alpha value is -2.51. The van der Waals surface area contributed by atoms with Crippen molar-refractivity contribution >= 4 is 23.6 Å². The number of nitrogens with zero attached hydrogens (tertiary/aromatic N) is 1. The van der Waals surface area contributed by atoms with Gasteiger partial charge in [-0.2, -0.15) is 0 Å². The Kier molecular flexibility index (Phi) is 7.55. The van der Waals surface area contributed by atoms with Crippen LogP contribution in [-0.4, -0.2) is 49.2 Å². The molecule has 0 radical (unpaired) electrons. The molecule has 1 fully saturated rings. The van der Waals surface area contributed by atoms with Gasteiger partial charge in [-0.05, 0) is 41.6 Å². The number of nitrogens with one attached hydrogen (secondary N) is 2. The summed E-state index contributed by atoms with van der Waals surface area (Å²) in [5.41, 5.74) is 2.10. The monoisotopic (exact) mass is 413 g/mol. The average Bonchev–Trinajstić information content (AvgIpc) is 2.75. The summed E-state index contributed by atoms with van der Waals surface area (Å²) in [6, 6.07) is 15.4. The third kappa shape index (κ3) is 5.98. The van der Waals surface area contributed by atoms with E-state index in [1.54, 1.807) is 18.9 Å². The molecule has 2 amide bonds. The standard InChI is InChI=1S/C22H27N3O3S/c1-28-18-7-3-6-17(11-18)15-25-10-9-23-22(27)20(25)13-21(26)24-14-16-5-4-8-19(12-16)29-2/h3-8,11-12,20H,9-10,13-15H2,1-2H3,(H,23,27)(H,24,26). The highest BCUT2D eigenvalue weighted by atomic mass is 32.2. The first-order chi connectivity index (χ1) is 14.1. The highest BCUT2D eigenvalue weighted by molar-refractivity contribution is 7.98. The van der Waals surface area contributed by atoms with Gasteiger partial charge in [0.2, 0.25) is 11.8 Å². The van der Waals surface area contributed by atoms with Crippen LogP contribution in [0.25, 0.3) is 0 Å². The van der Waals surface area contributed by atoms with E-state index in [2.05, 4.69) is 21.6 Å². The summed E-state index contributed by atoms with van der Waals surface area (Å²) in [5.74, 6) is 0.557. The number of carbonyl (C=O) groups is 2. The minimum Gasteiger partial charge on any atom is -0.497 e. The molecule has 0 aromatic heterocycles. The summed E-state index contributed by atoms with van der Waals surface area (Å²) in [6.07, 6.45) is 2.16. The van der Waals surface area contributed by atoms with E-state index in [0.717, 1.165) is 21.8 Å². The summed E-state index contributed by atoms with van der Waals surface area (Å²) >= 11 is 1.67. The Balaban J connectivity index is 1.60. The molecule has 1 aliphatic heterocycles. The second-order valence-electron chi connectivity index (χ2n) is 6.96. The molecule has 2 N–H and O–H groups in total. The molecule has 1 heterocycles. The molecule has 0 saturated carbocycles. The third-order valence-electron chi connectivity index (χ3n) is 4.96. The average molecular weight is 414 g/mol. The van der Waals surface area contributed by atoms with E-state index in [0.29, 0.717) is 26.2 Å². The van der Waals surface area contributed by atoms with Crippen LogP contribution in [0.15, 0.2) is 53.4 Å². The van der Waals surface area contributed by atoms with Crippen molar-refractivity contribution in [2.24, 2.45) is 0 Å². The number of hydrogen-bond acceptors (Lipinski definition) is 5. The van der Waals surface area contributed by atoms with Crippen LogP contribution in [-0.2, 0) is 22.7 Å². The van der Waals surface area contributed by atoms with Crippen LogP contribution in [0.1, 0.15) is 17.5 Å². The molecule has 2 aromatic carbocycles. The molecule has 0 spiro atoms. The number of thioether (sulfide) groups is 1. The van der Waals surface area contributed by atoms with Crippen molar-refractivity contribution in [3.63, 3.8) is 0 Å². The van der Waals surface area contributed by atoms with Crippen molar-refractivity contribution in [1.82, 2.24) is 15.5 Å². The lowest BCUT2D eigenvalue weighted by molar-refractivity contribution is -0.134. The van der Waals surface area contributed by atoms with Crippen molar-refractivity contribution in [2.75, 3.05) is 26.5 Å². The number of amides is 2. The summed E-state index contributed by atoms with van der Waals surface area (Å²) in [5, 5.41) is 5.82. The van der Waals surface area contributed by atoms with Gasteiger partial charge in [0, 0.05) is 31.1 Å². The van der Waals surface area contributed by atoms with Gasteiger partial charge in [0.15, 0.2) is 0 Å². The molecule has 1 unspecified atom stereocenters. The Labute approximate surface area is 176 Å². The van der Waals surface area contributed by atoms with E-state index >= 15 is 0 Å². The predicted octanol–water partition coefficient (Wildman–Crippen LogP) is 2.42. The van der Waals surface area contributed by atoms with E-state index in [9.17, 15) is 9.59 Å². The van der Waals surface area contributed by atoms with Crippen LogP contribution in [0.5, 0.6) is 5.75 Å². The van der Waals surface area contributed by atoms with Gasteiger partial charge in [-0.3, -0.25) is 14.5 Å². The van der Waals surface area contributed by atoms with Crippen LogP contribution in [0.4, 0.5) is 0 Å². The van der Waals surface area contributed by atoms with Crippen molar-refractivity contribution < 1.29 is 14.3 Å². The van der Waals surface area contributed by atoms with Crippen LogP contribution in [0, 0.1) is 0 Å². The summed E-state index contributed by atoms with van der Waals surface area (Å²) < 4.78 is 5.28. The number of hydrogen-bond donors (Lipinski definition) is 2. The van der Waals surface area contributed by atoms with Crippen LogP contribution in [0.3, 0.4) is 0 Å². The van der Waals surface area contributed by atoms with E-state index in [-0.39, 0.29) is 18.2 Å². The molecule has 1 atom stereocenters. The van der Waals surface area contributed by atoms with Crippen molar-refractivity contribution in [3.8, 4) is 5.75 Å². The second kappa shape index (κ2) is 10.3. The van der Waals surface area contributed by atoms with Gasteiger partial charge in [-0.1, -0.05) is 24.3 Å². The van der Waals surface area contributed by atoms with Gasteiger partial charge in [0.25, 0.3) is 0 Å². The van der Waals surface area contributed by atoms with Gasteiger partial charge >= 0.3 is 0 Å². The van der Waals surface area contributed by atoms with Crippen molar-refractivity contribution in [3.05, 3.63) is 59.7 Å². The zero-order valence-corrected chi connectivity index (χ0v) is 17.6. The highest BCUT2D eigenvalue weighted by Gasteiger charge is 2.31. The van der Waals surface area contributed by atoms with Gasteiger partial charge in [0.05, 0.1) is 19.6 Å². The fourth-order valence-corrected chi connectivity index (χ4v) is 3.89. The predicted molar refractivity (Wildman–Crippen MR) is 115 cm³/mol. The second-order valence-corrected chi connectivity index (χ2v) is 7.84. The van der Waals surface area contributed by atoms with Gasteiger partial charge in [-0.15, -0.1) is 11.8 Å². The molecule has 0 aliphatic carbocycles. The largest absolute Gasteiger partial charge is 0.497 e. The molecule has 154 valence electrons. The number of carbonyl (C=O) groups excluding carboxylic acids is 2. The number of benzene rings is 2. The minimum absolute atomic E-state index is 0.0984. The Bertz CT molecular complexity index is 859. The van der Waals surface area contributed by atoms with E-state index in [1.165, 1.54) is 0 Å². The molecule has 6 nitrogen and oxygen atoms in total. The molecule has 29 heavy (non-hydrogen) atoms. The Morgan fingerprint density at radius 3 is 2.83 bits per heavy atom. The number of rotatable bonds is 8. The molecule has 7 heteroatoms.